The first-order chi connectivity index (χ1) is 12.0. The molecule has 0 aliphatic heterocycles. The van der Waals surface area contributed by atoms with E-state index in [1.807, 2.05) is 0 Å². The van der Waals surface area contributed by atoms with Crippen LogP contribution in [-0.4, -0.2) is 26.1 Å². The van der Waals surface area contributed by atoms with Crippen molar-refractivity contribution in [3.05, 3.63) is 58.5 Å². The summed E-state index contributed by atoms with van der Waals surface area (Å²) in [5.41, 5.74) is 1.68. The molecule has 0 aromatic carbocycles. The summed E-state index contributed by atoms with van der Waals surface area (Å²) in [6.45, 7) is 3.81. The number of pyridine rings is 2. The highest BCUT2D eigenvalue weighted by Crippen LogP contribution is 2.30. The predicted octanol–water partition coefficient (Wildman–Crippen LogP) is 3.44. The van der Waals surface area contributed by atoms with Crippen molar-refractivity contribution in [1.82, 2.24) is 14.4 Å². The second kappa shape index (κ2) is 7.35. The fraction of sp³-hybridized carbons (Fsp3) is 0.294. The first-order valence-electron chi connectivity index (χ1n) is 7.71. The molecule has 0 saturated carbocycles. The van der Waals surface area contributed by atoms with E-state index in [0.29, 0.717) is 34.4 Å². The standard InChI is InChI=1S/C17H17ClFN3O3/c1-3-24-17(23)15-10(2)21-16-14(7-11(18)8-22(15)16)25-9-13-12(19)5-4-6-20-13/h4-8,17,23H,3,9H2,1-2H3. The van der Waals surface area contributed by atoms with E-state index in [0.717, 1.165) is 0 Å². The molecule has 1 N–H and O–H groups in total. The number of halogens is 2. The molecule has 0 amide bonds. The number of rotatable bonds is 6. The van der Waals surface area contributed by atoms with E-state index in [1.54, 1.807) is 30.5 Å². The van der Waals surface area contributed by atoms with Crippen LogP contribution in [0.15, 0.2) is 30.6 Å². The van der Waals surface area contributed by atoms with E-state index in [1.165, 1.54) is 18.3 Å². The zero-order valence-electron chi connectivity index (χ0n) is 13.7. The molecule has 25 heavy (non-hydrogen) atoms. The van der Waals surface area contributed by atoms with E-state index in [9.17, 15) is 9.50 Å². The maximum atomic E-state index is 13.7. The number of hydrogen-bond acceptors (Lipinski definition) is 5. The number of aliphatic hydroxyl groups is 1. The molecule has 0 aliphatic rings. The minimum atomic E-state index is -1.14. The van der Waals surface area contributed by atoms with E-state index in [4.69, 9.17) is 21.1 Å². The maximum Gasteiger partial charge on any atom is 0.198 e. The van der Waals surface area contributed by atoms with Crippen molar-refractivity contribution in [3.63, 3.8) is 0 Å². The molecular formula is C17H17ClFN3O3. The predicted molar refractivity (Wildman–Crippen MR) is 90.1 cm³/mol. The lowest BCUT2D eigenvalue weighted by atomic mass is 10.3. The molecule has 3 aromatic rings. The molecule has 1 atom stereocenters. The molecule has 132 valence electrons. The van der Waals surface area contributed by atoms with Crippen molar-refractivity contribution in [1.29, 1.82) is 0 Å². The fourth-order valence-corrected chi connectivity index (χ4v) is 2.72. The number of aromatic nitrogens is 3. The summed E-state index contributed by atoms with van der Waals surface area (Å²) in [5.74, 6) is -0.0943. The normalized spacial score (nSPS) is 12.5. The lowest BCUT2D eigenvalue weighted by Crippen LogP contribution is -2.08. The summed E-state index contributed by atoms with van der Waals surface area (Å²) < 4.78 is 26.3. The summed E-state index contributed by atoms with van der Waals surface area (Å²) in [6.07, 6.45) is 1.97. The van der Waals surface area contributed by atoms with Gasteiger partial charge in [0.2, 0.25) is 0 Å². The van der Waals surface area contributed by atoms with Gasteiger partial charge in [-0.15, -0.1) is 0 Å². The minimum absolute atomic E-state index is 0.0715. The third-order valence-corrected chi connectivity index (χ3v) is 3.84. The van der Waals surface area contributed by atoms with Crippen molar-refractivity contribution in [2.24, 2.45) is 0 Å². The number of aryl methyl sites for hydroxylation is 1. The van der Waals surface area contributed by atoms with Crippen molar-refractivity contribution in [2.75, 3.05) is 6.61 Å². The van der Waals surface area contributed by atoms with Crippen molar-refractivity contribution < 1.29 is 19.0 Å². The van der Waals surface area contributed by atoms with Crippen LogP contribution in [-0.2, 0) is 11.3 Å². The molecule has 3 aromatic heterocycles. The van der Waals surface area contributed by atoms with Gasteiger partial charge in [0.15, 0.2) is 17.7 Å². The van der Waals surface area contributed by atoms with Crippen molar-refractivity contribution in [2.45, 2.75) is 26.7 Å². The summed E-state index contributed by atoms with van der Waals surface area (Å²) in [7, 11) is 0. The topological polar surface area (TPSA) is 68.9 Å². The second-order valence-corrected chi connectivity index (χ2v) is 5.76. The average Bonchev–Trinajstić information content (AvgIpc) is 2.90. The number of imidazole rings is 1. The molecule has 0 saturated heterocycles. The molecule has 0 radical (unpaired) electrons. The lowest BCUT2D eigenvalue weighted by Gasteiger charge is -2.13. The van der Waals surface area contributed by atoms with Crippen LogP contribution in [0.3, 0.4) is 0 Å². The van der Waals surface area contributed by atoms with E-state index < -0.39 is 12.1 Å². The first kappa shape index (κ1) is 17.6. The Hall–Kier alpha value is -2.22. The number of ether oxygens (including phenoxy) is 2. The molecule has 0 aliphatic carbocycles. The zero-order valence-corrected chi connectivity index (χ0v) is 14.5. The quantitative estimate of drug-likeness (QED) is 0.678. The van der Waals surface area contributed by atoms with Crippen LogP contribution in [0.1, 0.15) is 30.3 Å². The fourth-order valence-electron chi connectivity index (χ4n) is 2.52. The van der Waals surface area contributed by atoms with Crippen molar-refractivity contribution >= 4 is 17.2 Å². The lowest BCUT2D eigenvalue weighted by molar-refractivity contribution is -0.101. The van der Waals surface area contributed by atoms with Crippen molar-refractivity contribution in [3.8, 4) is 5.75 Å². The van der Waals surface area contributed by atoms with Crippen LogP contribution in [0, 0.1) is 12.7 Å². The largest absolute Gasteiger partial charge is 0.483 e. The maximum absolute atomic E-state index is 13.7. The van der Waals surface area contributed by atoms with Gasteiger partial charge < -0.3 is 14.6 Å². The Morgan fingerprint density at radius 2 is 2.24 bits per heavy atom. The van der Waals surface area contributed by atoms with Crippen LogP contribution in [0.4, 0.5) is 4.39 Å². The molecule has 0 bridgehead atoms. The highest BCUT2D eigenvalue weighted by atomic mass is 35.5. The summed E-state index contributed by atoms with van der Waals surface area (Å²) in [6, 6.07) is 4.41. The molecule has 3 heterocycles. The van der Waals surface area contributed by atoms with Gasteiger partial charge in [-0.2, -0.15) is 0 Å². The van der Waals surface area contributed by atoms with Gasteiger partial charge in [0.1, 0.15) is 23.8 Å². The van der Waals surface area contributed by atoms with Gasteiger partial charge in [0.05, 0.1) is 10.7 Å². The van der Waals surface area contributed by atoms with Gasteiger partial charge in [-0.05, 0) is 26.0 Å². The third kappa shape index (κ3) is 3.58. The molecule has 6 nitrogen and oxygen atoms in total. The van der Waals surface area contributed by atoms with Crippen LogP contribution in [0.2, 0.25) is 5.02 Å². The van der Waals surface area contributed by atoms with E-state index in [2.05, 4.69) is 9.97 Å². The molecule has 3 rings (SSSR count). The minimum Gasteiger partial charge on any atom is -0.483 e. The summed E-state index contributed by atoms with van der Waals surface area (Å²) in [5, 5.41) is 10.6. The van der Waals surface area contributed by atoms with Crippen LogP contribution in [0.5, 0.6) is 5.75 Å². The van der Waals surface area contributed by atoms with E-state index >= 15 is 0 Å². The van der Waals surface area contributed by atoms with Gasteiger partial charge in [0.25, 0.3) is 0 Å². The molecule has 0 spiro atoms. The highest BCUT2D eigenvalue weighted by Gasteiger charge is 2.20. The van der Waals surface area contributed by atoms with Crippen LogP contribution >= 0.6 is 11.6 Å². The summed E-state index contributed by atoms with van der Waals surface area (Å²) >= 11 is 6.16. The zero-order chi connectivity index (χ0) is 18.0. The molecule has 1 unspecified atom stereocenters. The monoisotopic (exact) mass is 365 g/mol. The Morgan fingerprint density at radius 1 is 1.44 bits per heavy atom. The van der Waals surface area contributed by atoms with Gasteiger partial charge in [-0.25, -0.2) is 9.37 Å². The van der Waals surface area contributed by atoms with Gasteiger partial charge in [-0.1, -0.05) is 11.6 Å². The number of fused-ring (bicyclic) bond motifs is 1. The molecule has 0 fully saturated rings. The third-order valence-electron chi connectivity index (χ3n) is 3.63. The second-order valence-electron chi connectivity index (χ2n) is 5.33. The van der Waals surface area contributed by atoms with Crippen LogP contribution < -0.4 is 4.74 Å². The Bertz CT molecular complexity index is 900. The Labute approximate surface area is 148 Å². The summed E-state index contributed by atoms with van der Waals surface area (Å²) in [4.78, 5) is 8.37. The SMILES string of the molecule is CCOC(O)c1c(C)nc2c(OCc3ncccc3F)cc(Cl)cn12. The van der Waals surface area contributed by atoms with Gasteiger partial charge in [0, 0.05) is 25.1 Å². The highest BCUT2D eigenvalue weighted by molar-refractivity contribution is 6.30. The van der Waals surface area contributed by atoms with Gasteiger partial charge in [-0.3, -0.25) is 9.38 Å². The molecular weight excluding hydrogens is 349 g/mol. The van der Waals surface area contributed by atoms with Gasteiger partial charge >= 0.3 is 0 Å². The van der Waals surface area contributed by atoms with E-state index in [-0.39, 0.29) is 12.3 Å². The first-order valence-corrected chi connectivity index (χ1v) is 8.09. The number of nitrogens with zero attached hydrogens (tertiary/aromatic N) is 3. The number of hydrogen-bond donors (Lipinski definition) is 1. The Kier molecular flexibility index (Phi) is 5.17. The number of aliphatic hydroxyl groups excluding tert-OH is 1. The van der Waals surface area contributed by atoms with Crippen LogP contribution in [0.25, 0.3) is 5.65 Å². The Balaban J connectivity index is 1.98. The Morgan fingerprint density at radius 3 is 2.96 bits per heavy atom. The smallest absolute Gasteiger partial charge is 0.198 e. The average molecular weight is 366 g/mol. The molecule has 8 heteroatoms.